The monoisotopic (exact) mass is 309 g/mol. The Morgan fingerprint density at radius 1 is 1.00 bits per heavy atom. The van der Waals surface area contributed by atoms with E-state index in [2.05, 4.69) is 36.5 Å². The second kappa shape index (κ2) is 7.32. The van der Waals surface area contributed by atoms with E-state index in [1.165, 1.54) is 11.1 Å². The van der Waals surface area contributed by atoms with Crippen molar-refractivity contribution in [3.8, 4) is 5.75 Å². The SMILES string of the molecule is CCc1ccc(CCCCC2Oc3ccccc3NC2=O)cc1. The quantitative estimate of drug-likeness (QED) is 0.805. The van der Waals surface area contributed by atoms with Crippen molar-refractivity contribution in [3.63, 3.8) is 0 Å². The molecule has 3 rings (SSSR count). The number of ether oxygens (including phenoxy) is 1. The molecule has 0 fully saturated rings. The minimum absolute atomic E-state index is 0.0315. The van der Waals surface area contributed by atoms with Gasteiger partial charge in [-0.15, -0.1) is 0 Å². The highest BCUT2D eigenvalue weighted by molar-refractivity contribution is 5.97. The van der Waals surface area contributed by atoms with Gasteiger partial charge in [-0.1, -0.05) is 43.3 Å². The fourth-order valence-corrected chi connectivity index (χ4v) is 2.88. The second-order valence-corrected chi connectivity index (χ2v) is 6.01. The average molecular weight is 309 g/mol. The first-order chi connectivity index (χ1) is 11.3. The van der Waals surface area contributed by atoms with Gasteiger partial charge in [-0.2, -0.15) is 0 Å². The lowest BCUT2D eigenvalue weighted by Gasteiger charge is -2.25. The number of benzene rings is 2. The molecule has 120 valence electrons. The highest BCUT2D eigenvalue weighted by Crippen LogP contribution is 2.30. The van der Waals surface area contributed by atoms with Crippen molar-refractivity contribution < 1.29 is 9.53 Å². The first-order valence-corrected chi connectivity index (χ1v) is 8.40. The Morgan fingerprint density at radius 2 is 1.74 bits per heavy atom. The zero-order valence-corrected chi connectivity index (χ0v) is 13.5. The molecule has 0 aliphatic carbocycles. The van der Waals surface area contributed by atoms with Gasteiger partial charge in [0.1, 0.15) is 5.75 Å². The molecule has 2 aromatic rings. The van der Waals surface area contributed by atoms with E-state index >= 15 is 0 Å². The molecule has 1 aliphatic heterocycles. The van der Waals surface area contributed by atoms with E-state index < -0.39 is 0 Å². The smallest absolute Gasteiger partial charge is 0.265 e. The molecule has 1 amide bonds. The molecule has 1 heterocycles. The highest BCUT2D eigenvalue weighted by Gasteiger charge is 2.26. The minimum Gasteiger partial charge on any atom is -0.478 e. The number of fused-ring (bicyclic) bond motifs is 1. The summed E-state index contributed by atoms with van der Waals surface area (Å²) in [6.45, 7) is 2.17. The number of amides is 1. The number of rotatable bonds is 6. The number of carbonyl (C=O) groups is 1. The van der Waals surface area contributed by atoms with Crippen LogP contribution in [0.4, 0.5) is 5.69 Å². The van der Waals surface area contributed by atoms with Gasteiger partial charge in [-0.05, 0) is 55.4 Å². The summed E-state index contributed by atoms with van der Waals surface area (Å²) in [4.78, 5) is 12.1. The third kappa shape index (κ3) is 3.92. The van der Waals surface area contributed by atoms with Gasteiger partial charge in [0.05, 0.1) is 5.69 Å². The number of aryl methyl sites for hydroxylation is 2. The normalized spacial score (nSPS) is 16.4. The molecule has 0 spiro atoms. The van der Waals surface area contributed by atoms with Gasteiger partial charge in [0.15, 0.2) is 6.10 Å². The van der Waals surface area contributed by atoms with Crippen LogP contribution in [-0.2, 0) is 17.6 Å². The Morgan fingerprint density at radius 3 is 2.52 bits per heavy atom. The average Bonchev–Trinajstić information content (AvgIpc) is 2.59. The fraction of sp³-hybridized carbons (Fsp3) is 0.350. The zero-order valence-electron chi connectivity index (χ0n) is 13.5. The molecule has 0 aromatic heterocycles. The van der Waals surface area contributed by atoms with Crippen LogP contribution in [0, 0.1) is 0 Å². The molecule has 1 N–H and O–H groups in total. The first kappa shape index (κ1) is 15.6. The lowest BCUT2D eigenvalue weighted by atomic mass is 10.0. The summed E-state index contributed by atoms with van der Waals surface area (Å²) in [6, 6.07) is 16.4. The van der Waals surface area contributed by atoms with Crippen molar-refractivity contribution >= 4 is 11.6 Å². The van der Waals surface area contributed by atoms with Gasteiger partial charge in [0.25, 0.3) is 5.91 Å². The van der Waals surface area contributed by atoms with Crippen molar-refractivity contribution in [2.45, 2.75) is 45.1 Å². The maximum Gasteiger partial charge on any atom is 0.265 e. The van der Waals surface area contributed by atoms with Crippen molar-refractivity contribution in [3.05, 3.63) is 59.7 Å². The minimum atomic E-state index is -0.368. The maximum atomic E-state index is 12.1. The molecule has 23 heavy (non-hydrogen) atoms. The first-order valence-electron chi connectivity index (χ1n) is 8.40. The number of hydrogen-bond donors (Lipinski definition) is 1. The standard InChI is InChI=1S/C20H23NO2/c1-2-15-11-13-16(14-12-15)7-3-5-10-19-20(22)21-17-8-4-6-9-18(17)23-19/h4,6,8-9,11-14,19H,2-3,5,7,10H2,1H3,(H,21,22). The zero-order chi connectivity index (χ0) is 16.1. The number of nitrogens with one attached hydrogen (secondary N) is 1. The van der Waals surface area contributed by atoms with Gasteiger partial charge < -0.3 is 10.1 Å². The van der Waals surface area contributed by atoms with E-state index in [0.29, 0.717) is 0 Å². The number of hydrogen-bond acceptors (Lipinski definition) is 2. The molecule has 0 bridgehead atoms. The predicted molar refractivity (Wildman–Crippen MR) is 92.9 cm³/mol. The topological polar surface area (TPSA) is 38.3 Å². The van der Waals surface area contributed by atoms with E-state index in [4.69, 9.17) is 4.74 Å². The second-order valence-electron chi connectivity index (χ2n) is 6.01. The fourth-order valence-electron chi connectivity index (χ4n) is 2.88. The van der Waals surface area contributed by atoms with E-state index in [1.807, 2.05) is 24.3 Å². The third-order valence-electron chi connectivity index (χ3n) is 4.32. The Bertz CT molecular complexity index is 664. The lowest BCUT2D eigenvalue weighted by Crippen LogP contribution is -2.36. The maximum absolute atomic E-state index is 12.1. The number of unbranched alkanes of at least 4 members (excludes halogenated alkanes) is 1. The number of anilines is 1. The largest absolute Gasteiger partial charge is 0.478 e. The molecule has 1 aliphatic rings. The molecular formula is C20H23NO2. The van der Waals surface area contributed by atoms with Crippen LogP contribution >= 0.6 is 0 Å². The molecule has 1 atom stereocenters. The molecular weight excluding hydrogens is 286 g/mol. The van der Waals surface area contributed by atoms with E-state index in [1.54, 1.807) is 0 Å². The molecule has 3 nitrogen and oxygen atoms in total. The summed E-state index contributed by atoms with van der Waals surface area (Å²) in [6.07, 6.45) is 4.57. The summed E-state index contributed by atoms with van der Waals surface area (Å²) in [5, 5.41) is 2.92. The molecule has 1 unspecified atom stereocenters. The molecule has 0 saturated carbocycles. The highest BCUT2D eigenvalue weighted by atomic mass is 16.5. The van der Waals surface area contributed by atoms with Crippen molar-refractivity contribution in [2.24, 2.45) is 0 Å². The number of para-hydroxylation sites is 2. The Hall–Kier alpha value is -2.29. The Labute approximate surface area is 137 Å². The van der Waals surface area contributed by atoms with Crippen LogP contribution < -0.4 is 10.1 Å². The Kier molecular flexibility index (Phi) is 4.96. The Balaban J connectivity index is 1.46. The van der Waals surface area contributed by atoms with Crippen LogP contribution in [0.1, 0.15) is 37.3 Å². The van der Waals surface area contributed by atoms with Gasteiger partial charge in [0.2, 0.25) is 0 Å². The molecule has 2 aromatic carbocycles. The summed E-state index contributed by atoms with van der Waals surface area (Å²) >= 11 is 0. The van der Waals surface area contributed by atoms with E-state index in [9.17, 15) is 4.79 Å². The van der Waals surface area contributed by atoms with Crippen LogP contribution in [0.25, 0.3) is 0 Å². The van der Waals surface area contributed by atoms with Crippen LogP contribution in [-0.4, -0.2) is 12.0 Å². The van der Waals surface area contributed by atoms with E-state index in [0.717, 1.165) is 43.5 Å². The summed E-state index contributed by atoms with van der Waals surface area (Å²) in [7, 11) is 0. The molecule has 0 radical (unpaired) electrons. The summed E-state index contributed by atoms with van der Waals surface area (Å²) in [5.41, 5.74) is 3.51. The summed E-state index contributed by atoms with van der Waals surface area (Å²) < 4.78 is 5.81. The van der Waals surface area contributed by atoms with Crippen molar-refractivity contribution in [1.82, 2.24) is 0 Å². The van der Waals surface area contributed by atoms with Crippen molar-refractivity contribution in [1.29, 1.82) is 0 Å². The van der Waals surface area contributed by atoms with Crippen LogP contribution in [0.15, 0.2) is 48.5 Å². The predicted octanol–water partition coefficient (Wildman–Crippen LogP) is 4.36. The van der Waals surface area contributed by atoms with Crippen LogP contribution in [0.3, 0.4) is 0 Å². The van der Waals surface area contributed by atoms with E-state index in [-0.39, 0.29) is 12.0 Å². The van der Waals surface area contributed by atoms with Crippen LogP contribution in [0.5, 0.6) is 5.75 Å². The van der Waals surface area contributed by atoms with Crippen LogP contribution in [0.2, 0.25) is 0 Å². The van der Waals surface area contributed by atoms with Gasteiger partial charge in [0, 0.05) is 0 Å². The lowest BCUT2D eigenvalue weighted by molar-refractivity contribution is -0.123. The van der Waals surface area contributed by atoms with Gasteiger partial charge >= 0.3 is 0 Å². The van der Waals surface area contributed by atoms with Gasteiger partial charge in [-0.25, -0.2) is 0 Å². The van der Waals surface area contributed by atoms with Gasteiger partial charge in [-0.3, -0.25) is 4.79 Å². The molecule has 3 heteroatoms. The molecule has 0 saturated heterocycles. The number of carbonyl (C=O) groups excluding carboxylic acids is 1. The van der Waals surface area contributed by atoms with Crippen molar-refractivity contribution in [2.75, 3.05) is 5.32 Å². The summed E-state index contributed by atoms with van der Waals surface area (Å²) in [5.74, 6) is 0.739. The third-order valence-corrected chi connectivity index (χ3v) is 4.32.